The van der Waals surface area contributed by atoms with Gasteiger partial charge in [-0.05, 0) is 64.0 Å². The molecular formula is C18H27N5. The Morgan fingerprint density at radius 3 is 2.83 bits per heavy atom. The van der Waals surface area contributed by atoms with Crippen molar-refractivity contribution in [1.29, 1.82) is 0 Å². The van der Waals surface area contributed by atoms with Crippen LogP contribution in [0.4, 0.5) is 0 Å². The standard InChI is InChI=1S/C18H27N5/c1-2-22-12-6-8-16(22)18-20-15-7-5-9-19-17(15)23(18)14-13-21-10-3-4-11-21/h5,7,9,16H,2-4,6,8,10-14H2,1H3. The van der Waals surface area contributed by atoms with E-state index >= 15 is 0 Å². The number of pyridine rings is 1. The molecule has 2 fully saturated rings. The van der Waals surface area contributed by atoms with E-state index in [1.165, 1.54) is 51.1 Å². The summed E-state index contributed by atoms with van der Waals surface area (Å²) in [6, 6.07) is 4.56. The van der Waals surface area contributed by atoms with Crippen molar-refractivity contribution in [1.82, 2.24) is 24.3 Å². The third-order valence-electron chi connectivity index (χ3n) is 5.44. The Bertz CT molecular complexity index is 658. The number of fused-ring (bicyclic) bond motifs is 1. The summed E-state index contributed by atoms with van der Waals surface area (Å²) in [5.74, 6) is 1.23. The lowest BCUT2D eigenvalue weighted by atomic mass is 10.2. The zero-order chi connectivity index (χ0) is 15.6. The van der Waals surface area contributed by atoms with Crippen molar-refractivity contribution >= 4 is 11.2 Å². The third-order valence-corrected chi connectivity index (χ3v) is 5.44. The lowest BCUT2D eigenvalue weighted by Gasteiger charge is -2.24. The fourth-order valence-corrected chi connectivity index (χ4v) is 4.20. The molecule has 1 atom stereocenters. The van der Waals surface area contributed by atoms with Crippen LogP contribution in [-0.4, -0.2) is 57.1 Å². The SMILES string of the molecule is CCN1CCCC1c1nc2cccnc2n1CCN1CCCC1. The average Bonchev–Trinajstić information content (AvgIpc) is 3.31. The summed E-state index contributed by atoms with van der Waals surface area (Å²) in [4.78, 5) is 14.7. The minimum atomic E-state index is 0.466. The molecule has 2 aromatic heterocycles. The molecule has 2 saturated heterocycles. The summed E-state index contributed by atoms with van der Waals surface area (Å²) in [7, 11) is 0. The van der Waals surface area contributed by atoms with Gasteiger partial charge in [0.05, 0.1) is 6.04 Å². The normalized spacial score (nSPS) is 23.3. The van der Waals surface area contributed by atoms with Crippen molar-refractivity contribution in [3.63, 3.8) is 0 Å². The first-order valence-electron chi connectivity index (χ1n) is 9.14. The van der Waals surface area contributed by atoms with Gasteiger partial charge in [-0.25, -0.2) is 9.97 Å². The minimum Gasteiger partial charge on any atom is -0.310 e. The second kappa shape index (κ2) is 6.57. The molecule has 4 rings (SSSR count). The van der Waals surface area contributed by atoms with Crippen LogP contribution < -0.4 is 0 Å². The molecule has 2 aromatic rings. The van der Waals surface area contributed by atoms with Gasteiger partial charge >= 0.3 is 0 Å². The quantitative estimate of drug-likeness (QED) is 0.850. The van der Waals surface area contributed by atoms with Gasteiger partial charge in [0, 0.05) is 19.3 Å². The highest BCUT2D eigenvalue weighted by Crippen LogP contribution is 2.32. The van der Waals surface area contributed by atoms with E-state index in [9.17, 15) is 0 Å². The molecule has 0 aliphatic carbocycles. The highest BCUT2D eigenvalue weighted by molar-refractivity contribution is 5.71. The summed E-state index contributed by atoms with van der Waals surface area (Å²) < 4.78 is 2.40. The maximum absolute atomic E-state index is 4.98. The molecule has 0 spiro atoms. The van der Waals surface area contributed by atoms with E-state index in [1.807, 2.05) is 12.3 Å². The first-order valence-corrected chi connectivity index (χ1v) is 9.14. The van der Waals surface area contributed by atoms with E-state index in [1.54, 1.807) is 0 Å². The summed E-state index contributed by atoms with van der Waals surface area (Å²) in [5, 5.41) is 0. The van der Waals surface area contributed by atoms with Gasteiger partial charge in [-0.2, -0.15) is 0 Å². The van der Waals surface area contributed by atoms with Gasteiger partial charge in [0.2, 0.25) is 0 Å². The van der Waals surface area contributed by atoms with Crippen LogP contribution in [0.1, 0.15) is 44.5 Å². The van der Waals surface area contributed by atoms with Crippen LogP contribution >= 0.6 is 0 Å². The maximum Gasteiger partial charge on any atom is 0.160 e. The largest absolute Gasteiger partial charge is 0.310 e. The summed E-state index contributed by atoms with van der Waals surface area (Å²) in [6.07, 6.45) is 7.10. The third kappa shape index (κ3) is 2.88. The molecule has 0 bridgehead atoms. The van der Waals surface area contributed by atoms with Crippen molar-refractivity contribution in [2.75, 3.05) is 32.7 Å². The van der Waals surface area contributed by atoms with Crippen LogP contribution in [0.25, 0.3) is 11.2 Å². The zero-order valence-corrected chi connectivity index (χ0v) is 14.1. The number of nitrogens with zero attached hydrogens (tertiary/aromatic N) is 5. The predicted octanol–water partition coefficient (Wildman–Crippen LogP) is 2.68. The molecule has 5 heteroatoms. The monoisotopic (exact) mass is 313 g/mol. The number of likely N-dealkylation sites (tertiary alicyclic amines) is 2. The van der Waals surface area contributed by atoms with E-state index in [0.29, 0.717) is 6.04 Å². The van der Waals surface area contributed by atoms with Crippen LogP contribution in [0.5, 0.6) is 0 Å². The second-order valence-corrected chi connectivity index (χ2v) is 6.80. The van der Waals surface area contributed by atoms with E-state index in [-0.39, 0.29) is 0 Å². The van der Waals surface area contributed by atoms with E-state index in [2.05, 4.69) is 32.3 Å². The zero-order valence-electron chi connectivity index (χ0n) is 14.1. The van der Waals surface area contributed by atoms with Gasteiger partial charge in [-0.3, -0.25) is 4.90 Å². The van der Waals surface area contributed by atoms with Gasteiger partial charge in [0.25, 0.3) is 0 Å². The molecule has 2 aliphatic rings. The van der Waals surface area contributed by atoms with Crippen molar-refractivity contribution < 1.29 is 0 Å². The van der Waals surface area contributed by atoms with Crippen LogP contribution in [0.15, 0.2) is 18.3 Å². The smallest absolute Gasteiger partial charge is 0.160 e. The molecule has 1 unspecified atom stereocenters. The van der Waals surface area contributed by atoms with Crippen molar-refractivity contribution in [3.8, 4) is 0 Å². The molecule has 0 N–H and O–H groups in total. The molecule has 124 valence electrons. The predicted molar refractivity (Wildman–Crippen MR) is 92.4 cm³/mol. The van der Waals surface area contributed by atoms with Gasteiger partial charge in [-0.15, -0.1) is 0 Å². The number of hydrogen-bond acceptors (Lipinski definition) is 4. The molecule has 4 heterocycles. The van der Waals surface area contributed by atoms with Gasteiger partial charge in [0.1, 0.15) is 11.3 Å². The molecule has 0 aromatic carbocycles. The summed E-state index contributed by atoms with van der Waals surface area (Å²) in [5.41, 5.74) is 2.11. The van der Waals surface area contributed by atoms with E-state index in [4.69, 9.17) is 4.98 Å². The Hall–Kier alpha value is -1.46. The highest BCUT2D eigenvalue weighted by atomic mass is 15.3. The second-order valence-electron chi connectivity index (χ2n) is 6.80. The summed E-state index contributed by atoms with van der Waals surface area (Å²) >= 11 is 0. The van der Waals surface area contributed by atoms with Gasteiger partial charge in [-0.1, -0.05) is 6.92 Å². The van der Waals surface area contributed by atoms with Crippen LogP contribution in [0.3, 0.4) is 0 Å². The van der Waals surface area contributed by atoms with Crippen molar-refractivity contribution in [2.45, 2.75) is 45.2 Å². The Morgan fingerprint density at radius 1 is 1.13 bits per heavy atom. The first kappa shape index (κ1) is 15.1. The Morgan fingerprint density at radius 2 is 2.00 bits per heavy atom. The molecule has 0 amide bonds. The average molecular weight is 313 g/mol. The fourth-order valence-electron chi connectivity index (χ4n) is 4.20. The highest BCUT2D eigenvalue weighted by Gasteiger charge is 2.29. The molecule has 0 radical (unpaired) electrons. The van der Waals surface area contributed by atoms with E-state index < -0.39 is 0 Å². The molecule has 2 aliphatic heterocycles. The van der Waals surface area contributed by atoms with Crippen LogP contribution in [0.2, 0.25) is 0 Å². The molecule has 0 saturated carbocycles. The van der Waals surface area contributed by atoms with E-state index in [0.717, 1.165) is 30.8 Å². The fraction of sp³-hybridized carbons (Fsp3) is 0.667. The Balaban J connectivity index is 1.66. The van der Waals surface area contributed by atoms with Gasteiger partial charge in [0.15, 0.2) is 5.65 Å². The maximum atomic E-state index is 4.98. The number of rotatable bonds is 5. The lowest BCUT2D eigenvalue weighted by molar-refractivity contribution is 0.252. The number of hydrogen-bond donors (Lipinski definition) is 0. The lowest BCUT2D eigenvalue weighted by Crippen LogP contribution is -2.28. The van der Waals surface area contributed by atoms with Crippen molar-refractivity contribution in [3.05, 3.63) is 24.2 Å². The topological polar surface area (TPSA) is 37.2 Å². The van der Waals surface area contributed by atoms with Crippen LogP contribution in [-0.2, 0) is 6.54 Å². The summed E-state index contributed by atoms with van der Waals surface area (Å²) in [6.45, 7) is 9.19. The molecule has 23 heavy (non-hydrogen) atoms. The minimum absolute atomic E-state index is 0.466. The number of aromatic nitrogens is 3. The Labute approximate surface area is 138 Å². The first-order chi connectivity index (χ1) is 11.4. The van der Waals surface area contributed by atoms with Crippen LogP contribution in [0, 0.1) is 0 Å². The number of imidazole rings is 1. The molecule has 5 nitrogen and oxygen atoms in total. The molecular weight excluding hydrogens is 286 g/mol. The van der Waals surface area contributed by atoms with Gasteiger partial charge < -0.3 is 9.47 Å². The van der Waals surface area contributed by atoms with Crippen molar-refractivity contribution in [2.24, 2.45) is 0 Å². The Kier molecular flexibility index (Phi) is 4.31.